The first kappa shape index (κ1) is 23.1. The van der Waals surface area contributed by atoms with E-state index in [9.17, 15) is 17.2 Å². The first-order valence-corrected chi connectivity index (χ1v) is 12.7. The van der Waals surface area contributed by atoms with Crippen molar-refractivity contribution >= 4 is 50.0 Å². The number of nitrogens with two attached hydrogens (primary N) is 1. The maximum Gasteiger partial charge on any atom is 0.198 e. The number of hydrogen-bond donors (Lipinski definition) is 2. The molecule has 35 heavy (non-hydrogen) atoms. The summed E-state index contributed by atoms with van der Waals surface area (Å²) in [5.74, 6) is -2.89. The van der Waals surface area contributed by atoms with Crippen molar-refractivity contribution in [2.24, 2.45) is 0 Å². The van der Waals surface area contributed by atoms with Gasteiger partial charge in [-0.25, -0.2) is 27.2 Å². The van der Waals surface area contributed by atoms with Crippen LogP contribution in [0.2, 0.25) is 5.02 Å². The first-order valence-electron chi connectivity index (χ1n) is 9.90. The molecule has 0 amide bonds. The lowest BCUT2D eigenvalue weighted by molar-refractivity contribution is 0.433. The fourth-order valence-corrected chi connectivity index (χ4v) is 5.81. The standard InChI is InChI=1S/C22H14ClF2N5O3S2/c23-12-2-4-18(13(6-12)11-1-3-16-17(5-11)30-22(26)29-16)33-19-7-15(25)20(8-14(19)24)35(31,32)9-21-27-10-28-34-21/h1-8,10H,9H2,(H3,26,29,30). The van der Waals surface area contributed by atoms with Crippen LogP contribution >= 0.6 is 23.1 Å². The van der Waals surface area contributed by atoms with E-state index in [2.05, 4.69) is 19.3 Å². The van der Waals surface area contributed by atoms with Crippen LogP contribution in [-0.4, -0.2) is 27.7 Å². The van der Waals surface area contributed by atoms with Crippen molar-refractivity contribution in [3.05, 3.63) is 76.5 Å². The summed E-state index contributed by atoms with van der Waals surface area (Å²) < 4.78 is 64.3. The van der Waals surface area contributed by atoms with Crippen molar-refractivity contribution in [2.45, 2.75) is 10.6 Å². The number of sulfone groups is 1. The Labute approximate surface area is 206 Å². The van der Waals surface area contributed by atoms with Gasteiger partial charge in [0.2, 0.25) is 0 Å². The zero-order chi connectivity index (χ0) is 24.7. The first-order chi connectivity index (χ1) is 16.7. The minimum atomic E-state index is -4.20. The second-order valence-electron chi connectivity index (χ2n) is 7.40. The molecule has 0 aliphatic rings. The van der Waals surface area contributed by atoms with Gasteiger partial charge in [0.25, 0.3) is 0 Å². The molecule has 2 aromatic heterocycles. The Balaban J connectivity index is 1.51. The van der Waals surface area contributed by atoms with Gasteiger partial charge in [-0.15, -0.1) is 0 Å². The van der Waals surface area contributed by atoms with E-state index in [0.717, 1.165) is 11.5 Å². The van der Waals surface area contributed by atoms with Gasteiger partial charge in [0.1, 0.15) is 33.6 Å². The molecule has 178 valence electrons. The topological polar surface area (TPSA) is 124 Å². The lowest BCUT2D eigenvalue weighted by Gasteiger charge is -2.14. The molecule has 5 aromatic rings. The molecule has 0 bridgehead atoms. The number of H-pyrrole nitrogens is 1. The number of nitrogens with one attached hydrogen (secondary N) is 1. The van der Waals surface area contributed by atoms with Crippen molar-refractivity contribution in [3.8, 4) is 22.6 Å². The number of nitrogens with zero attached hydrogens (tertiary/aromatic N) is 3. The molecule has 0 spiro atoms. The molecule has 8 nitrogen and oxygen atoms in total. The highest BCUT2D eigenvalue weighted by molar-refractivity contribution is 7.90. The minimum Gasteiger partial charge on any atom is -0.454 e. The van der Waals surface area contributed by atoms with Crippen molar-refractivity contribution in [2.75, 3.05) is 5.73 Å². The van der Waals surface area contributed by atoms with Gasteiger partial charge in [-0.2, -0.15) is 4.37 Å². The molecule has 3 aromatic carbocycles. The molecule has 0 saturated heterocycles. The molecule has 0 saturated carbocycles. The molecular weight excluding hydrogens is 520 g/mol. The molecule has 0 atom stereocenters. The van der Waals surface area contributed by atoms with Gasteiger partial charge in [-0.05, 0) is 53.5 Å². The van der Waals surface area contributed by atoms with E-state index < -0.39 is 37.9 Å². The predicted octanol–water partition coefficient (Wildman–Crippen LogP) is 5.36. The lowest BCUT2D eigenvalue weighted by Crippen LogP contribution is -2.08. The highest BCUT2D eigenvalue weighted by Crippen LogP contribution is 2.38. The molecule has 13 heteroatoms. The Bertz CT molecular complexity index is 1670. The maximum atomic E-state index is 14.9. The fourth-order valence-electron chi connectivity index (χ4n) is 3.46. The Morgan fingerprint density at radius 2 is 1.89 bits per heavy atom. The normalized spacial score (nSPS) is 11.7. The molecule has 0 aliphatic heterocycles. The summed E-state index contributed by atoms with van der Waals surface area (Å²) in [6.45, 7) is 0. The van der Waals surface area contributed by atoms with Crippen LogP contribution in [0.1, 0.15) is 5.01 Å². The molecule has 0 radical (unpaired) electrons. The third kappa shape index (κ3) is 4.67. The van der Waals surface area contributed by atoms with Gasteiger partial charge in [-0.3, -0.25) is 0 Å². The van der Waals surface area contributed by atoms with Crippen LogP contribution in [-0.2, 0) is 15.6 Å². The Kier molecular flexibility index (Phi) is 5.87. The number of rotatable bonds is 6. The second kappa shape index (κ2) is 8.87. The van der Waals surface area contributed by atoms with Gasteiger partial charge in [0, 0.05) is 16.7 Å². The molecule has 0 aliphatic carbocycles. The van der Waals surface area contributed by atoms with E-state index in [1.54, 1.807) is 24.3 Å². The molecule has 3 N–H and O–H groups in total. The van der Waals surface area contributed by atoms with Crippen LogP contribution in [0.3, 0.4) is 0 Å². The van der Waals surface area contributed by atoms with Crippen LogP contribution in [0.15, 0.2) is 59.8 Å². The quantitative estimate of drug-likeness (QED) is 0.301. The SMILES string of the molecule is Nc1nc2ccc(-c3cc(Cl)ccc3Oc3cc(F)c(S(=O)(=O)Cc4ncns4)cc3F)cc2[nH]1. The summed E-state index contributed by atoms with van der Waals surface area (Å²) in [5, 5.41) is 0.549. The van der Waals surface area contributed by atoms with E-state index in [4.69, 9.17) is 22.1 Å². The third-order valence-electron chi connectivity index (χ3n) is 5.01. The number of aromatic nitrogens is 4. The summed E-state index contributed by atoms with van der Waals surface area (Å²) in [5.41, 5.74) is 8.15. The van der Waals surface area contributed by atoms with Crippen molar-refractivity contribution in [3.63, 3.8) is 0 Å². The molecular formula is C22H14ClF2N5O3S2. The predicted molar refractivity (Wildman–Crippen MR) is 128 cm³/mol. The van der Waals surface area contributed by atoms with Crippen LogP contribution < -0.4 is 10.5 Å². The largest absolute Gasteiger partial charge is 0.454 e. The van der Waals surface area contributed by atoms with Gasteiger partial charge in [0.05, 0.1) is 11.0 Å². The summed E-state index contributed by atoms with van der Waals surface area (Å²) in [6.07, 6.45) is 1.19. The zero-order valence-corrected chi connectivity index (χ0v) is 19.9. The van der Waals surface area contributed by atoms with Crippen molar-refractivity contribution < 1.29 is 21.9 Å². The highest BCUT2D eigenvalue weighted by Gasteiger charge is 2.25. The van der Waals surface area contributed by atoms with Crippen LogP contribution in [0.5, 0.6) is 11.5 Å². The summed E-state index contributed by atoms with van der Waals surface area (Å²) in [7, 11) is -4.20. The van der Waals surface area contributed by atoms with Crippen molar-refractivity contribution in [1.29, 1.82) is 0 Å². The number of halogens is 3. The van der Waals surface area contributed by atoms with Crippen LogP contribution in [0.4, 0.5) is 14.7 Å². The van der Waals surface area contributed by atoms with Gasteiger partial charge in [0.15, 0.2) is 27.4 Å². The Hall–Kier alpha value is -3.61. The average molecular weight is 534 g/mol. The number of anilines is 1. The van der Waals surface area contributed by atoms with E-state index in [1.165, 1.54) is 18.5 Å². The third-order valence-corrected chi connectivity index (χ3v) is 7.73. The van der Waals surface area contributed by atoms with Gasteiger partial charge in [-0.1, -0.05) is 17.7 Å². The van der Waals surface area contributed by atoms with Gasteiger partial charge < -0.3 is 15.5 Å². The monoisotopic (exact) mass is 533 g/mol. The van der Waals surface area contributed by atoms with Crippen LogP contribution in [0.25, 0.3) is 22.2 Å². The summed E-state index contributed by atoms with van der Waals surface area (Å²) in [6, 6.07) is 11.2. The second-order valence-corrected chi connectivity index (χ2v) is 10.7. The van der Waals surface area contributed by atoms with E-state index in [1.807, 2.05) is 0 Å². The van der Waals surface area contributed by atoms with Gasteiger partial charge >= 0.3 is 0 Å². The Morgan fingerprint density at radius 1 is 1.06 bits per heavy atom. The van der Waals surface area contributed by atoms with Crippen LogP contribution in [0, 0.1) is 11.6 Å². The number of imidazole rings is 1. The number of ether oxygens (including phenoxy) is 1. The summed E-state index contributed by atoms with van der Waals surface area (Å²) >= 11 is 7.03. The van der Waals surface area contributed by atoms with E-state index in [-0.39, 0.29) is 16.7 Å². The Morgan fingerprint density at radius 3 is 2.66 bits per heavy atom. The maximum absolute atomic E-state index is 14.9. The minimum absolute atomic E-state index is 0.159. The van der Waals surface area contributed by atoms with E-state index in [0.29, 0.717) is 39.3 Å². The van der Waals surface area contributed by atoms with E-state index >= 15 is 0 Å². The molecule has 2 heterocycles. The number of benzene rings is 3. The number of nitrogen functional groups attached to an aromatic ring is 1. The average Bonchev–Trinajstić information content (AvgIpc) is 3.44. The highest BCUT2D eigenvalue weighted by atomic mass is 35.5. The molecule has 0 unspecified atom stereocenters. The molecule has 0 fully saturated rings. The number of aromatic amines is 1. The van der Waals surface area contributed by atoms with Crippen molar-refractivity contribution in [1.82, 2.24) is 19.3 Å². The lowest BCUT2D eigenvalue weighted by atomic mass is 10.0. The zero-order valence-electron chi connectivity index (χ0n) is 17.5. The number of fused-ring (bicyclic) bond motifs is 1. The number of hydrogen-bond acceptors (Lipinski definition) is 8. The summed E-state index contributed by atoms with van der Waals surface area (Å²) in [4.78, 5) is 10.1. The molecule has 5 rings (SSSR count). The fraction of sp³-hybridized carbons (Fsp3) is 0.0455. The smallest absolute Gasteiger partial charge is 0.198 e.